The third kappa shape index (κ3) is 3.69. The van der Waals surface area contributed by atoms with Crippen LogP contribution in [0.25, 0.3) is 16.9 Å². The van der Waals surface area contributed by atoms with Crippen LogP contribution < -0.4 is 0 Å². The molecule has 0 atom stereocenters. The summed E-state index contributed by atoms with van der Waals surface area (Å²) in [6.45, 7) is 3.48. The zero-order valence-electron chi connectivity index (χ0n) is 16.8. The van der Waals surface area contributed by atoms with E-state index in [1.807, 2.05) is 6.07 Å². The second kappa shape index (κ2) is 7.85. The van der Waals surface area contributed by atoms with Gasteiger partial charge in [-0.2, -0.15) is 37.9 Å². The molecule has 0 saturated heterocycles. The van der Waals surface area contributed by atoms with Gasteiger partial charge in [0.2, 0.25) is 23.8 Å². The number of hydrogen-bond donors (Lipinski definition) is 0. The lowest BCUT2D eigenvalue weighted by Gasteiger charge is -2.23. The van der Waals surface area contributed by atoms with Gasteiger partial charge in [0.25, 0.3) is 0 Å². The van der Waals surface area contributed by atoms with Gasteiger partial charge in [-0.05, 0) is 50.2 Å². The van der Waals surface area contributed by atoms with Crippen molar-refractivity contribution in [3.63, 3.8) is 0 Å². The summed E-state index contributed by atoms with van der Waals surface area (Å²) in [6.07, 6.45) is 1.31. The predicted octanol–water partition coefficient (Wildman–Crippen LogP) is 4.48. The van der Waals surface area contributed by atoms with Crippen molar-refractivity contribution in [1.29, 1.82) is 5.26 Å². The Hall–Kier alpha value is -4.13. The van der Waals surface area contributed by atoms with Gasteiger partial charge in [-0.25, -0.2) is 4.68 Å². The van der Waals surface area contributed by atoms with Crippen LogP contribution in [0.5, 0.6) is 0 Å². The van der Waals surface area contributed by atoms with E-state index in [2.05, 4.69) is 20.1 Å². The van der Waals surface area contributed by atoms with Gasteiger partial charge in [0.1, 0.15) is 11.8 Å². The Morgan fingerprint density at radius 3 is 2.22 bits per heavy atom. The van der Waals surface area contributed by atoms with Gasteiger partial charge < -0.3 is 0 Å². The van der Waals surface area contributed by atoms with E-state index < -0.39 is 29.2 Å². The minimum Gasteiger partial charge on any atom is -0.252 e. The number of aromatic nitrogens is 5. The number of hydrogen-bond acceptors (Lipinski definition) is 5. The maximum atomic E-state index is 14.1. The smallest absolute Gasteiger partial charge is 0.241 e. The molecule has 4 heterocycles. The molecule has 32 heavy (non-hydrogen) atoms. The fourth-order valence-corrected chi connectivity index (χ4v) is 3.27. The van der Waals surface area contributed by atoms with Gasteiger partial charge in [0.15, 0.2) is 0 Å². The molecule has 0 radical (unpaired) electrons. The van der Waals surface area contributed by atoms with Crippen molar-refractivity contribution < 1.29 is 17.6 Å². The van der Waals surface area contributed by atoms with E-state index in [-0.39, 0.29) is 28.2 Å². The summed E-state index contributed by atoms with van der Waals surface area (Å²) in [5.74, 6) is -4.02. The standard InChI is InChI=1S/C22H14F4N6/c1-22(2,16-5-3-4-14(28-16)13-6-8-17(23)29-20(13)25)19-12(10-27)11-32(31-19)15-7-9-18(24)30-21(15)26/h3-9,11H,1-2H3. The Morgan fingerprint density at radius 2 is 1.56 bits per heavy atom. The summed E-state index contributed by atoms with van der Waals surface area (Å²) in [5.41, 5.74) is -0.0435. The second-order valence-corrected chi connectivity index (χ2v) is 7.40. The molecule has 4 aromatic heterocycles. The highest BCUT2D eigenvalue weighted by Crippen LogP contribution is 2.33. The van der Waals surface area contributed by atoms with Crippen LogP contribution in [0.1, 0.15) is 30.8 Å². The van der Waals surface area contributed by atoms with Crippen LogP contribution in [0.15, 0.2) is 48.7 Å². The van der Waals surface area contributed by atoms with E-state index in [1.54, 1.807) is 32.0 Å². The molecule has 0 fully saturated rings. The van der Waals surface area contributed by atoms with Crippen LogP contribution in [0.2, 0.25) is 0 Å². The zero-order chi connectivity index (χ0) is 23.0. The first-order chi connectivity index (χ1) is 15.2. The van der Waals surface area contributed by atoms with Gasteiger partial charge in [-0.15, -0.1) is 0 Å². The van der Waals surface area contributed by atoms with Crippen molar-refractivity contribution >= 4 is 0 Å². The zero-order valence-corrected chi connectivity index (χ0v) is 16.8. The van der Waals surface area contributed by atoms with E-state index in [0.717, 1.165) is 22.9 Å². The third-order valence-electron chi connectivity index (χ3n) is 4.95. The van der Waals surface area contributed by atoms with Crippen LogP contribution >= 0.6 is 0 Å². The number of nitriles is 1. The Balaban J connectivity index is 1.80. The van der Waals surface area contributed by atoms with Gasteiger partial charge >= 0.3 is 0 Å². The molecule has 4 rings (SSSR count). The Labute approximate surface area is 179 Å². The monoisotopic (exact) mass is 438 g/mol. The fraction of sp³-hybridized carbons (Fsp3) is 0.136. The second-order valence-electron chi connectivity index (χ2n) is 7.40. The average molecular weight is 438 g/mol. The van der Waals surface area contributed by atoms with Gasteiger partial charge in [0, 0.05) is 6.20 Å². The SMILES string of the molecule is CC(C)(c1cccc(-c2ccc(F)nc2F)n1)c1nn(-c2ccc(F)nc2F)cc1C#N. The molecule has 0 spiro atoms. The highest BCUT2D eigenvalue weighted by Gasteiger charge is 2.32. The quantitative estimate of drug-likeness (QED) is 0.347. The topological polar surface area (TPSA) is 80.3 Å². The molecule has 0 unspecified atom stereocenters. The molecular formula is C22H14F4N6. The Kier molecular flexibility index (Phi) is 5.18. The summed E-state index contributed by atoms with van der Waals surface area (Å²) >= 11 is 0. The first-order valence-corrected chi connectivity index (χ1v) is 9.33. The number of pyridine rings is 3. The van der Waals surface area contributed by atoms with Crippen molar-refractivity contribution in [3.8, 4) is 23.0 Å². The van der Waals surface area contributed by atoms with Gasteiger partial charge in [0.05, 0.1) is 33.6 Å². The third-order valence-corrected chi connectivity index (χ3v) is 4.95. The minimum absolute atomic E-state index is 0.00884. The first-order valence-electron chi connectivity index (χ1n) is 9.33. The molecule has 0 bridgehead atoms. The number of halogens is 4. The molecule has 4 aromatic rings. The molecule has 0 aliphatic rings. The average Bonchev–Trinajstić information content (AvgIpc) is 3.19. The van der Waals surface area contributed by atoms with E-state index in [4.69, 9.17) is 0 Å². The lowest BCUT2D eigenvalue weighted by molar-refractivity contribution is 0.503. The Bertz CT molecular complexity index is 1370. The lowest BCUT2D eigenvalue weighted by atomic mass is 9.83. The van der Waals surface area contributed by atoms with E-state index >= 15 is 0 Å². The number of rotatable bonds is 4. The largest absolute Gasteiger partial charge is 0.252 e. The molecule has 6 nitrogen and oxygen atoms in total. The highest BCUT2D eigenvalue weighted by atomic mass is 19.1. The summed E-state index contributed by atoms with van der Waals surface area (Å²) in [5, 5.41) is 13.9. The van der Waals surface area contributed by atoms with Crippen LogP contribution in [-0.4, -0.2) is 24.7 Å². The summed E-state index contributed by atoms with van der Waals surface area (Å²) in [4.78, 5) is 10.8. The van der Waals surface area contributed by atoms with Crippen LogP contribution in [0, 0.1) is 35.1 Å². The first kappa shape index (κ1) is 21.1. The number of nitrogens with zero attached hydrogens (tertiary/aromatic N) is 6. The molecular weight excluding hydrogens is 424 g/mol. The van der Waals surface area contributed by atoms with E-state index in [9.17, 15) is 22.8 Å². The maximum absolute atomic E-state index is 14.1. The maximum Gasteiger partial charge on any atom is 0.241 e. The van der Waals surface area contributed by atoms with Crippen molar-refractivity contribution in [2.24, 2.45) is 0 Å². The predicted molar refractivity (Wildman–Crippen MR) is 106 cm³/mol. The minimum atomic E-state index is -1.08. The highest BCUT2D eigenvalue weighted by molar-refractivity contribution is 5.59. The van der Waals surface area contributed by atoms with Crippen molar-refractivity contribution in [2.45, 2.75) is 19.3 Å². The molecule has 0 N–H and O–H groups in total. The fourth-order valence-electron chi connectivity index (χ4n) is 3.27. The molecule has 0 saturated carbocycles. The van der Waals surface area contributed by atoms with Crippen LogP contribution in [0.4, 0.5) is 17.6 Å². The normalized spacial score (nSPS) is 11.4. The van der Waals surface area contributed by atoms with E-state index in [0.29, 0.717) is 5.69 Å². The molecule has 0 aliphatic carbocycles. The van der Waals surface area contributed by atoms with Crippen molar-refractivity contribution in [2.75, 3.05) is 0 Å². The molecule has 0 amide bonds. The Morgan fingerprint density at radius 1 is 0.875 bits per heavy atom. The van der Waals surface area contributed by atoms with Gasteiger partial charge in [-0.3, -0.25) is 4.98 Å². The summed E-state index contributed by atoms with van der Waals surface area (Å²) < 4.78 is 55.7. The lowest BCUT2D eigenvalue weighted by Crippen LogP contribution is -2.23. The van der Waals surface area contributed by atoms with Crippen molar-refractivity contribution in [1.82, 2.24) is 24.7 Å². The molecule has 0 aliphatic heterocycles. The molecule has 10 heteroatoms. The van der Waals surface area contributed by atoms with E-state index in [1.165, 1.54) is 12.3 Å². The van der Waals surface area contributed by atoms with Crippen LogP contribution in [-0.2, 0) is 5.41 Å². The summed E-state index contributed by atoms with van der Waals surface area (Å²) in [7, 11) is 0. The van der Waals surface area contributed by atoms with Crippen LogP contribution in [0.3, 0.4) is 0 Å². The summed E-state index contributed by atoms with van der Waals surface area (Å²) in [6, 6.07) is 11.3. The van der Waals surface area contributed by atoms with Crippen molar-refractivity contribution in [3.05, 3.63) is 89.4 Å². The molecule has 0 aromatic carbocycles. The molecule has 160 valence electrons. The van der Waals surface area contributed by atoms with Gasteiger partial charge in [-0.1, -0.05) is 6.07 Å².